The molecule has 0 aliphatic rings. The zero-order valence-corrected chi connectivity index (χ0v) is 13.0. The predicted octanol–water partition coefficient (Wildman–Crippen LogP) is 2.71. The number of rotatable bonds is 3. The van der Waals surface area contributed by atoms with Crippen LogP contribution in [0.5, 0.6) is 0 Å². The van der Waals surface area contributed by atoms with Gasteiger partial charge in [-0.2, -0.15) is 18.3 Å². The third-order valence-electron chi connectivity index (χ3n) is 3.74. The molecule has 9 heteroatoms. The van der Waals surface area contributed by atoms with Crippen molar-refractivity contribution in [2.24, 2.45) is 0 Å². The molecule has 2 aromatic heterocycles. The van der Waals surface area contributed by atoms with Crippen LogP contribution in [0.3, 0.4) is 0 Å². The Hall–Kier alpha value is -3.10. The van der Waals surface area contributed by atoms with Gasteiger partial charge in [-0.3, -0.25) is 9.59 Å². The number of benzene rings is 1. The molecule has 2 heterocycles. The number of aromatic nitrogens is 3. The number of anilines is 1. The zero-order chi connectivity index (χ0) is 18.2. The van der Waals surface area contributed by atoms with Crippen molar-refractivity contribution in [3.8, 4) is 0 Å². The van der Waals surface area contributed by atoms with Crippen LogP contribution >= 0.6 is 0 Å². The van der Waals surface area contributed by atoms with E-state index in [4.69, 9.17) is 0 Å². The van der Waals surface area contributed by atoms with Crippen LogP contribution in [-0.4, -0.2) is 20.1 Å². The van der Waals surface area contributed by atoms with Crippen LogP contribution < -0.4 is 10.9 Å². The van der Waals surface area contributed by atoms with Crippen LogP contribution in [0.15, 0.2) is 53.7 Å². The van der Waals surface area contributed by atoms with Crippen molar-refractivity contribution in [1.82, 2.24) is 14.2 Å². The van der Waals surface area contributed by atoms with Gasteiger partial charge in [0.05, 0.1) is 11.3 Å². The second kappa shape index (κ2) is 6.08. The molecule has 130 valence electrons. The van der Waals surface area contributed by atoms with Crippen LogP contribution in [0.1, 0.15) is 18.5 Å². The molecule has 3 aromatic rings. The van der Waals surface area contributed by atoms with Crippen LogP contribution in [0.4, 0.5) is 18.9 Å². The summed E-state index contributed by atoms with van der Waals surface area (Å²) >= 11 is 0. The lowest BCUT2D eigenvalue weighted by atomic mass is 10.1. The second-order valence-corrected chi connectivity index (χ2v) is 5.39. The number of para-hydroxylation sites is 1. The van der Waals surface area contributed by atoms with Gasteiger partial charge < -0.3 is 9.72 Å². The molecule has 1 amide bonds. The zero-order valence-electron chi connectivity index (χ0n) is 13.0. The molecule has 25 heavy (non-hydrogen) atoms. The summed E-state index contributed by atoms with van der Waals surface area (Å²) in [4.78, 5) is 24.7. The maximum absolute atomic E-state index is 13.0. The Labute approximate surface area is 139 Å². The van der Waals surface area contributed by atoms with E-state index in [1.807, 2.05) is 0 Å². The van der Waals surface area contributed by atoms with E-state index in [-0.39, 0.29) is 5.69 Å². The second-order valence-electron chi connectivity index (χ2n) is 5.39. The molecule has 0 aliphatic carbocycles. The largest absolute Gasteiger partial charge is 0.418 e. The summed E-state index contributed by atoms with van der Waals surface area (Å²) in [6.45, 7) is 1.39. The van der Waals surface area contributed by atoms with Crippen molar-refractivity contribution in [2.45, 2.75) is 19.1 Å². The molecule has 0 fully saturated rings. The summed E-state index contributed by atoms with van der Waals surface area (Å²) in [5.74, 6) is -0.776. The topological polar surface area (TPSA) is 68.4 Å². The summed E-state index contributed by atoms with van der Waals surface area (Å²) in [6.07, 6.45) is -1.63. The first kappa shape index (κ1) is 16.7. The van der Waals surface area contributed by atoms with Crippen molar-refractivity contribution in [3.63, 3.8) is 0 Å². The van der Waals surface area contributed by atoms with E-state index in [1.54, 1.807) is 18.3 Å². The van der Waals surface area contributed by atoms with E-state index in [2.05, 4.69) is 10.4 Å². The molecule has 3 rings (SSSR count). The van der Waals surface area contributed by atoms with Gasteiger partial charge in [0.25, 0.3) is 5.56 Å². The molecule has 0 spiro atoms. The molecule has 0 radical (unpaired) electrons. The van der Waals surface area contributed by atoms with Gasteiger partial charge >= 0.3 is 6.18 Å². The fourth-order valence-corrected chi connectivity index (χ4v) is 2.42. The molecule has 6 nitrogen and oxygen atoms in total. The molecule has 1 atom stereocenters. The van der Waals surface area contributed by atoms with Crippen molar-refractivity contribution >= 4 is 17.1 Å². The SMILES string of the molecule is C[C@H](C(=O)Nc1ccccc1C(F)(F)F)n1ncn2cccc2c1=O. The number of nitrogens with one attached hydrogen (secondary N) is 1. The maximum atomic E-state index is 13.0. The Morgan fingerprint density at radius 2 is 1.92 bits per heavy atom. The fraction of sp³-hybridized carbons (Fsp3) is 0.188. The van der Waals surface area contributed by atoms with Crippen LogP contribution in [0.2, 0.25) is 0 Å². The van der Waals surface area contributed by atoms with Crippen LogP contribution in [0.25, 0.3) is 5.52 Å². The van der Waals surface area contributed by atoms with Gasteiger partial charge in [0.2, 0.25) is 5.91 Å². The molecule has 0 unspecified atom stereocenters. The first-order valence-electron chi connectivity index (χ1n) is 7.30. The Balaban J connectivity index is 1.91. The highest BCUT2D eigenvalue weighted by Crippen LogP contribution is 2.34. The predicted molar refractivity (Wildman–Crippen MR) is 84.2 cm³/mol. The van der Waals surface area contributed by atoms with Gasteiger partial charge in [0.1, 0.15) is 17.9 Å². The minimum atomic E-state index is -4.60. The molecule has 1 aromatic carbocycles. The highest BCUT2D eigenvalue weighted by atomic mass is 19.4. The Morgan fingerprint density at radius 3 is 2.64 bits per heavy atom. The molecule has 0 saturated carbocycles. The van der Waals surface area contributed by atoms with Crippen LogP contribution in [0, 0.1) is 0 Å². The highest BCUT2D eigenvalue weighted by molar-refractivity contribution is 5.94. The number of nitrogens with zero attached hydrogens (tertiary/aromatic N) is 3. The first-order valence-corrected chi connectivity index (χ1v) is 7.30. The molecule has 0 saturated heterocycles. The number of carbonyl (C=O) groups is 1. The number of hydrogen-bond acceptors (Lipinski definition) is 3. The normalized spacial score (nSPS) is 13.0. The average Bonchev–Trinajstić information content (AvgIpc) is 3.03. The standard InChI is InChI=1S/C16H13F3N4O2/c1-10(23-15(25)13-7-4-8-22(13)9-20-23)14(24)21-12-6-3-2-5-11(12)16(17,18)19/h2-10H,1H3,(H,21,24)/t10-/m1/s1. The number of hydrogen-bond donors (Lipinski definition) is 1. The third kappa shape index (κ3) is 3.12. The lowest BCUT2D eigenvalue weighted by Crippen LogP contribution is -2.34. The number of halogens is 3. The van der Waals surface area contributed by atoms with E-state index in [9.17, 15) is 22.8 Å². The Bertz CT molecular complexity index is 991. The first-order chi connectivity index (χ1) is 11.8. The lowest BCUT2D eigenvalue weighted by Gasteiger charge is -2.17. The fourth-order valence-electron chi connectivity index (χ4n) is 2.42. The van der Waals surface area contributed by atoms with E-state index < -0.39 is 29.2 Å². The van der Waals surface area contributed by atoms with E-state index in [1.165, 1.54) is 29.8 Å². The average molecular weight is 350 g/mol. The van der Waals surface area contributed by atoms with Crippen molar-refractivity contribution in [2.75, 3.05) is 5.32 Å². The van der Waals surface area contributed by atoms with Gasteiger partial charge in [0, 0.05) is 6.20 Å². The van der Waals surface area contributed by atoms with Crippen molar-refractivity contribution < 1.29 is 18.0 Å². The highest BCUT2D eigenvalue weighted by Gasteiger charge is 2.34. The van der Waals surface area contributed by atoms with Gasteiger partial charge in [-0.1, -0.05) is 12.1 Å². The van der Waals surface area contributed by atoms with Crippen molar-refractivity contribution in [3.05, 3.63) is 64.8 Å². The molecule has 0 aliphatic heterocycles. The summed E-state index contributed by atoms with van der Waals surface area (Å²) in [7, 11) is 0. The van der Waals surface area contributed by atoms with Gasteiger partial charge in [-0.15, -0.1) is 0 Å². The molecule has 1 N–H and O–H groups in total. The van der Waals surface area contributed by atoms with Gasteiger partial charge in [-0.05, 0) is 31.2 Å². The summed E-state index contributed by atoms with van der Waals surface area (Å²) in [5.41, 5.74) is -1.54. The quantitative estimate of drug-likeness (QED) is 0.790. The van der Waals surface area contributed by atoms with E-state index in [0.717, 1.165) is 16.8 Å². The van der Waals surface area contributed by atoms with Crippen molar-refractivity contribution in [1.29, 1.82) is 0 Å². The summed E-state index contributed by atoms with van der Waals surface area (Å²) < 4.78 is 41.4. The Kier molecular flexibility index (Phi) is 4.07. The summed E-state index contributed by atoms with van der Waals surface area (Å²) in [5, 5.41) is 6.12. The molecule has 0 bridgehead atoms. The Morgan fingerprint density at radius 1 is 1.20 bits per heavy atom. The lowest BCUT2D eigenvalue weighted by molar-refractivity contribution is -0.137. The van der Waals surface area contributed by atoms with E-state index >= 15 is 0 Å². The third-order valence-corrected chi connectivity index (χ3v) is 3.74. The smallest absolute Gasteiger partial charge is 0.324 e. The minimum Gasteiger partial charge on any atom is -0.324 e. The van der Waals surface area contributed by atoms with Crippen LogP contribution in [-0.2, 0) is 11.0 Å². The number of amides is 1. The van der Waals surface area contributed by atoms with Gasteiger partial charge in [0.15, 0.2) is 0 Å². The monoisotopic (exact) mass is 350 g/mol. The minimum absolute atomic E-state index is 0.311. The number of alkyl halides is 3. The number of carbonyl (C=O) groups excluding carboxylic acids is 1. The van der Waals surface area contributed by atoms with Gasteiger partial charge in [-0.25, -0.2) is 4.68 Å². The summed E-state index contributed by atoms with van der Waals surface area (Å²) in [6, 6.07) is 6.75. The molecular formula is C16H13F3N4O2. The van der Waals surface area contributed by atoms with E-state index in [0.29, 0.717) is 5.52 Å². The molecular weight excluding hydrogens is 337 g/mol. The maximum Gasteiger partial charge on any atom is 0.418 e. The number of fused-ring (bicyclic) bond motifs is 1.